The van der Waals surface area contributed by atoms with Gasteiger partial charge in [-0.05, 0) is 19.4 Å². The highest BCUT2D eigenvalue weighted by molar-refractivity contribution is 6.44. The predicted molar refractivity (Wildman–Crippen MR) is 90.7 cm³/mol. The molecule has 8 nitrogen and oxygen atoms in total. The molecule has 1 aromatic rings. The predicted octanol–water partition coefficient (Wildman–Crippen LogP) is 0.613. The first-order chi connectivity index (χ1) is 12.4. The largest absolute Gasteiger partial charge is 0.372 e. The third-order valence-corrected chi connectivity index (χ3v) is 4.38. The lowest BCUT2D eigenvalue weighted by Gasteiger charge is -2.35. The van der Waals surface area contributed by atoms with Crippen molar-refractivity contribution >= 4 is 23.8 Å². The molecule has 2 fully saturated rings. The number of imide groups is 2. The third kappa shape index (κ3) is 3.60. The Morgan fingerprint density at radius 2 is 1.58 bits per heavy atom. The normalized spacial score (nSPS) is 23.8. The monoisotopic (exact) mass is 359 g/mol. The van der Waals surface area contributed by atoms with Crippen molar-refractivity contribution in [1.29, 1.82) is 0 Å². The Balaban J connectivity index is 1.68. The fourth-order valence-electron chi connectivity index (χ4n) is 3.21. The number of hydrogen-bond donors (Lipinski definition) is 0. The van der Waals surface area contributed by atoms with E-state index in [4.69, 9.17) is 4.74 Å². The Morgan fingerprint density at radius 3 is 2.19 bits per heavy atom. The zero-order valence-corrected chi connectivity index (χ0v) is 14.8. The fourth-order valence-corrected chi connectivity index (χ4v) is 3.21. The molecule has 0 aliphatic carbocycles. The Hall–Kier alpha value is -2.74. The summed E-state index contributed by atoms with van der Waals surface area (Å²) in [6.07, 6.45) is -0.243. The second-order valence-corrected chi connectivity index (χ2v) is 6.61. The van der Waals surface area contributed by atoms with E-state index in [2.05, 4.69) is 0 Å². The first kappa shape index (κ1) is 18.1. The molecular weight excluding hydrogens is 338 g/mol. The van der Waals surface area contributed by atoms with Crippen LogP contribution in [0, 0.1) is 0 Å². The summed E-state index contributed by atoms with van der Waals surface area (Å²) in [6.45, 7) is 4.05. The van der Waals surface area contributed by atoms with Crippen LogP contribution >= 0.6 is 0 Å². The van der Waals surface area contributed by atoms with E-state index < -0.39 is 24.4 Å². The highest BCUT2D eigenvalue weighted by atomic mass is 16.5. The van der Waals surface area contributed by atoms with Crippen LogP contribution in [0.4, 0.5) is 4.79 Å². The van der Waals surface area contributed by atoms with Gasteiger partial charge in [0.1, 0.15) is 6.54 Å². The molecule has 2 heterocycles. The van der Waals surface area contributed by atoms with E-state index in [1.807, 2.05) is 19.9 Å². The topological polar surface area (TPSA) is 87.2 Å². The van der Waals surface area contributed by atoms with Gasteiger partial charge in [-0.2, -0.15) is 0 Å². The average molecular weight is 359 g/mol. The lowest BCUT2D eigenvalue weighted by molar-refractivity contribution is -0.148. The summed E-state index contributed by atoms with van der Waals surface area (Å²) in [5.41, 5.74) is 0.728. The van der Waals surface area contributed by atoms with Gasteiger partial charge in [0, 0.05) is 13.1 Å². The van der Waals surface area contributed by atoms with Crippen LogP contribution in [0.3, 0.4) is 0 Å². The molecule has 3 rings (SSSR count). The second-order valence-electron chi connectivity index (χ2n) is 6.61. The van der Waals surface area contributed by atoms with Crippen molar-refractivity contribution in [3.8, 4) is 0 Å². The molecule has 1 aromatic carbocycles. The molecule has 0 N–H and O–H groups in total. The number of carbonyl (C=O) groups excluding carboxylic acids is 4. The second kappa shape index (κ2) is 7.25. The molecule has 0 aromatic heterocycles. The van der Waals surface area contributed by atoms with Crippen molar-refractivity contribution in [3.63, 3.8) is 0 Å². The Bertz CT molecular complexity index is 726. The molecule has 0 unspecified atom stereocenters. The van der Waals surface area contributed by atoms with E-state index >= 15 is 0 Å². The molecule has 8 heteroatoms. The molecule has 5 amide bonds. The van der Waals surface area contributed by atoms with E-state index in [1.165, 1.54) is 0 Å². The minimum Gasteiger partial charge on any atom is -0.372 e. The number of nitrogens with zero attached hydrogens (tertiary/aromatic N) is 3. The van der Waals surface area contributed by atoms with Crippen LogP contribution in [-0.2, 0) is 25.7 Å². The van der Waals surface area contributed by atoms with Crippen LogP contribution in [0.5, 0.6) is 0 Å². The van der Waals surface area contributed by atoms with Crippen LogP contribution in [0.1, 0.15) is 19.4 Å². The van der Waals surface area contributed by atoms with E-state index in [0.717, 1.165) is 15.4 Å². The van der Waals surface area contributed by atoms with Crippen LogP contribution in [0.2, 0.25) is 0 Å². The average Bonchev–Trinajstić information content (AvgIpc) is 2.80. The molecule has 0 radical (unpaired) electrons. The highest BCUT2D eigenvalue weighted by Gasteiger charge is 2.45. The van der Waals surface area contributed by atoms with Crippen LogP contribution in [0.25, 0.3) is 0 Å². The number of hydrogen-bond acceptors (Lipinski definition) is 5. The van der Waals surface area contributed by atoms with Gasteiger partial charge in [-0.3, -0.25) is 19.3 Å². The summed E-state index contributed by atoms with van der Waals surface area (Å²) in [6, 6.07) is 8.14. The van der Waals surface area contributed by atoms with Crippen molar-refractivity contribution < 1.29 is 23.9 Å². The van der Waals surface area contributed by atoms with Crippen molar-refractivity contribution in [2.45, 2.75) is 32.6 Å². The molecule has 0 spiro atoms. The third-order valence-electron chi connectivity index (χ3n) is 4.38. The smallest absolute Gasteiger partial charge is 0.335 e. The zero-order valence-electron chi connectivity index (χ0n) is 14.8. The number of rotatable bonds is 4. The van der Waals surface area contributed by atoms with Gasteiger partial charge in [-0.1, -0.05) is 30.3 Å². The van der Waals surface area contributed by atoms with E-state index in [0.29, 0.717) is 13.1 Å². The Kier molecular flexibility index (Phi) is 5.03. The Labute approximate surface area is 151 Å². The minimum absolute atomic E-state index is 0.000555. The van der Waals surface area contributed by atoms with Gasteiger partial charge in [-0.25, -0.2) is 9.69 Å². The SMILES string of the molecule is C[C@@H]1CN(C(=O)CN2C(=O)C(=O)N(Cc3ccccc3)C2=O)C[C@H](C)O1. The van der Waals surface area contributed by atoms with Crippen molar-refractivity contribution in [3.05, 3.63) is 35.9 Å². The van der Waals surface area contributed by atoms with Crippen LogP contribution in [-0.4, -0.2) is 70.3 Å². The molecule has 2 aliphatic rings. The fraction of sp³-hybridized carbons (Fsp3) is 0.444. The number of carbonyl (C=O) groups is 4. The van der Waals surface area contributed by atoms with Gasteiger partial charge in [-0.15, -0.1) is 0 Å². The quantitative estimate of drug-likeness (QED) is 0.581. The van der Waals surface area contributed by atoms with Crippen LogP contribution < -0.4 is 0 Å². The summed E-state index contributed by atoms with van der Waals surface area (Å²) in [7, 11) is 0. The number of ether oxygens (including phenoxy) is 1. The highest BCUT2D eigenvalue weighted by Crippen LogP contribution is 2.17. The van der Waals surface area contributed by atoms with Crippen molar-refractivity contribution in [2.75, 3.05) is 19.6 Å². The maximum Gasteiger partial charge on any atom is 0.335 e. The molecule has 138 valence electrons. The molecular formula is C18H21N3O5. The lowest BCUT2D eigenvalue weighted by atomic mass is 10.2. The van der Waals surface area contributed by atoms with Gasteiger partial charge in [0.15, 0.2) is 0 Å². The van der Waals surface area contributed by atoms with E-state index in [9.17, 15) is 19.2 Å². The summed E-state index contributed by atoms with van der Waals surface area (Å²) >= 11 is 0. The summed E-state index contributed by atoms with van der Waals surface area (Å²) < 4.78 is 5.58. The maximum absolute atomic E-state index is 12.5. The maximum atomic E-state index is 12.5. The molecule has 2 aliphatic heterocycles. The molecule has 2 atom stereocenters. The van der Waals surface area contributed by atoms with Crippen molar-refractivity contribution in [2.24, 2.45) is 0 Å². The molecule has 0 saturated carbocycles. The van der Waals surface area contributed by atoms with Gasteiger partial charge in [0.25, 0.3) is 0 Å². The molecule has 0 bridgehead atoms. The number of amides is 5. The number of urea groups is 1. The summed E-state index contributed by atoms with van der Waals surface area (Å²) in [5.74, 6) is -2.24. The zero-order chi connectivity index (χ0) is 18.8. The minimum atomic E-state index is -0.964. The summed E-state index contributed by atoms with van der Waals surface area (Å²) in [4.78, 5) is 52.5. The first-order valence-corrected chi connectivity index (χ1v) is 8.51. The van der Waals surface area contributed by atoms with Gasteiger partial charge < -0.3 is 9.64 Å². The standard InChI is InChI=1S/C18H21N3O5/c1-12-8-19(9-13(2)26-12)15(22)11-21-17(24)16(23)20(18(21)25)10-14-6-4-3-5-7-14/h3-7,12-13H,8-11H2,1-2H3/t12-,13+. The molecule has 26 heavy (non-hydrogen) atoms. The molecule has 2 saturated heterocycles. The lowest BCUT2D eigenvalue weighted by Crippen LogP contribution is -2.51. The first-order valence-electron chi connectivity index (χ1n) is 8.51. The van der Waals surface area contributed by atoms with E-state index in [1.54, 1.807) is 29.2 Å². The number of morpholine rings is 1. The summed E-state index contributed by atoms with van der Waals surface area (Å²) in [5, 5.41) is 0. The van der Waals surface area contributed by atoms with Gasteiger partial charge in [0.05, 0.1) is 18.8 Å². The Morgan fingerprint density at radius 1 is 1.00 bits per heavy atom. The van der Waals surface area contributed by atoms with Gasteiger partial charge >= 0.3 is 17.8 Å². The van der Waals surface area contributed by atoms with E-state index in [-0.39, 0.29) is 24.7 Å². The van der Waals surface area contributed by atoms with Crippen LogP contribution in [0.15, 0.2) is 30.3 Å². The number of benzene rings is 1. The van der Waals surface area contributed by atoms with Crippen molar-refractivity contribution in [1.82, 2.24) is 14.7 Å². The van der Waals surface area contributed by atoms with Gasteiger partial charge in [0.2, 0.25) is 5.91 Å².